The minimum absolute atomic E-state index is 0.0701. The van der Waals surface area contributed by atoms with Crippen LogP contribution in [-0.2, 0) is 21.4 Å². The van der Waals surface area contributed by atoms with Gasteiger partial charge in [0.25, 0.3) is 0 Å². The van der Waals surface area contributed by atoms with E-state index in [1.165, 1.54) is 45.3 Å². The summed E-state index contributed by atoms with van der Waals surface area (Å²) in [6.07, 6.45) is 0. The molecule has 31 heavy (non-hydrogen) atoms. The molecular weight excluding hydrogens is 424 g/mol. The number of ether oxygens (including phenoxy) is 2. The van der Waals surface area contributed by atoms with Crippen molar-refractivity contribution >= 4 is 21.6 Å². The van der Waals surface area contributed by atoms with Gasteiger partial charge in [0.2, 0.25) is 27.6 Å². The maximum absolute atomic E-state index is 12.8. The topological polar surface area (TPSA) is 124 Å². The van der Waals surface area contributed by atoms with Crippen molar-refractivity contribution in [2.75, 3.05) is 26.6 Å². The zero-order valence-electron chi connectivity index (χ0n) is 17.4. The molecule has 164 valence electrons. The van der Waals surface area contributed by atoms with E-state index in [2.05, 4.69) is 15.5 Å². The van der Waals surface area contributed by atoms with Gasteiger partial charge in [-0.1, -0.05) is 5.16 Å². The molecule has 1 aromatic heterocycles. The zero-order chi connectivity index (χ0) is 22.6. The number of hydrogen-bond donors (Lipinski definition) is 1. The number of nitrogens with zero attached hydrogens (tertiary/aromatic N) is 3. The summed E-state index contributed by atoms with van der Waals surface area (Å²) in [7, 11) is 0.661. The van der Waals surface area contributed by atoms with Gasteiger partial charge in [-0.2, -0.15) is 9.29 Å². The van der Waals surface area contributed by atoms with Crippen molar-refractivity contribution < 1.29 is 27.2 Å². The predicted molar refractivity (Wildman–Crippen MR) is 112 cm³/mol. The molecule has 3 aromatic rings. The number of rotatable bonds is 8. The fraction of sp³-hybridized carbons (Fsp3) is 0.250. The maximum atomic E-state index is 12.8. The van der Waals surface area contributed by atoms with Crippen LogP contribution in [0.4, 0.5) is 5.69 Å². The molecule has 0 fully saturated rings. The molecule has 0 aliphatic heterocycles. The summed E-state index contributed by atoms with van der Waals surface area (Å²) in [5.74, 6) is 1.24. The van der Waals surface area contributed by atoms with Crippen molar-refractivity contribution in [2.24, 2.45) is 0 Å². The van der Waals surface area contributed by atoms with Gasteiger partial charge >= 0.3 is 0 Å². The molecule has 1 heterocycles. The summed E-state index contributed by atoms with van der Waals surface area (Å²) in [6.45, 7) is 1.25. The fourth-order valence-corrected chi connectivity index (χ4v) is 3.90. The molecule has 3 rings (SSSR count). The summed E-state index contributed by atoms with van der Waals surface area (Å²) in [4.78, 5) is 15.5. The van der Waals surface area contributed by atoms with Crippen LogP contribution >= 0.6 is 0 Å². The second-order valence-electron chi connectivity index (χ2n) is 6.54. The van der Waals surface area contributed by atoms with Gasteiger partial charge in [-0.3, -0.25) is 4.79 Å². The Morgan fingerprint density at radius 1 is 1.13 bits per heavy atom. The highest BCUT2D eigenvalue weighted by molar-refractivity contribution is 7.89. The molecule has 0 aliphatic rings. The molecule has 10 nitrogen and oxygen atoms in total. The van der Waals surface area contributed by atoms with Gasteiger partial charge in [0.05, 0.1) is 31.2 Å². The highest BCUT2D eigenvalue weighted by Gasteiger charge is 2.24. The Bertz CT molecular complexity index is 1170. The fourth-order valence-electron chi connectivity index (χ4n) is 2.78. The van der Waals surface area contributed by atoms with Crippen molar-refractivity contribution in [3.05, 3.63) is 48.4 Å². The summed E-state index contributed by atoms with van der Waals surface area (Å²) in [5, 5.41) is 6.52. The molecule has 0 spiro atoms. The molecule has 11 heteroatoms. The van der Waals surface area contributed by atoms with E-state index in [1.807, 2.05) is 0 Å². The number of nitrogens with one attached hydrogen (secondary N) is 1. The van der Waals surface area contributed by atoms with Crippen molar-refractivity contribution in [3.63, 3.8) is 0 Å². The van der Waals surface area contributed by atoms with E-state index in [4.69, 9.17) is 14.0 Å². The summed E-state index contributed by atoms with van der Waals surface area (Å²) in [6, 6.07) is 11.0. The Labute approximate surface area is 179 Å². The highest BCUT2D eigenvalue weighted by atomic mass is 32.2. The monoisotopic (exact) mass is 446 g/mol. The van der Waals surface area contributed by atoms with Gasteiger partial charge in [-0.05, 0) is 36.4 Å². The average molecular weight is 446 g/mol. The number of anilines is 1. The van der Waals surface area contributed by atoms with Gasteiger partial charge in [0, 0.05) is 25.7 Å². The minimum Gasteiger partial charge on any atom is -0.497 e. The highest BCUT2D eigenvalue weighted by Crippen LogP contribution is 2.31. The van der Waals surface area contributed by atoms with E-state index in [-0.39, 0.29) is 29.1 Å². The number of hydrogen-bond acceptors (Lipinski definition) is 8. The van der Waals surface area contributed by atoms with Gasteiger partial charge in [-0.15, -0.1) is 0 Å². The first-order valence-electron chi connectivity index (χ1n) is 9.13. The molecule has 1 amide bonds. The Balaban J connectivity index is 1.77. The first-order valence-corrected chi connectivity index (χ1v) is 10.6. The van der Waals surface area contributed by atoms with Crippen LogP contribution in [0.1, 0.15) is 12.8 Å². The maximum Gasteiger partial charge on any atom is 0.243 e. The molecule has 1 N–H and O–H groups in total. The largest absolute Gasteiger partial charge is 0.497 e. The molecule has 0 bridgehead atoms. The Morgan fingerprint density at radius 3 is 2.45 bits per heavy atom. The van der Waals surface area contributed by atoms with E-state index < -0.39 is 10.0 Å². The first kappa shape index (κ1) is 22.2. The van der Waals surface area contributed by atoms with Gasteiger partial charge < -0.3 is 19.3 Å². The van der Waals surface area contributed by atoms with Crippen LogP contribution in [0.25, 0.3) is 11.4 Å². The third-order valence-electron chi connectivity index (χ3n) is 4.36. The molecule has 0 aliphatic carbocycles. The molecular formula is C20H22N4O6S. The van der Waals surface area contributed by atoms with Crippen molar-refractivity contribution in [1.82, 2.24) is 14.4 Å². The lowest BCUT2D eigenvalue weighted by atomic mass is 10.2. The standard InChI is InChI=1S/C20H22N4O6S/c1-13(25)21-14-5-8-16(9-6-14)31(26,27)24(2)12-19-22-20(23-30-19)17-10-7-15(28-3)11-18(17)29-4/h5-11H,12H2,1-4H3,(H,21,25). The second kappa shape index (κ2) is 9.14. The summed E-state index contributed by atoms with van der Waals surface area (Å²) in [5.41, 5.74) is 1.08. The SMILES string of the molecule is COc1ccc(-c2noc(CN(C)S(=O)(=O)c3ccc(NC(C)=O)cc3)n2)c(OC)c1. The lowest BCUT2D eigenvalue weighted by Crippen LogP contribution is -2.26. The van der Waals surface area contributed by atoms with Crippen molar-refractivity contribution in [2.45, 2.75) is 18.4 Å². The average Bonchev–Trinajstić information content (AvgIpc) is 3.21. The number of methoxy groups -OCH3 is 2. The van der Waals surface area contributed by atoms with Gasteiger partial charge in [0.1, 0.15) is 11.5 Å². The van der Waals surface area contributed by atoms with Gasteiger partial charge in [0.15, 0.2) is 0 Å². The first-order chi connectivity index (χ1) is 14.7. The number of amides is 1. The number of benzene rings is 2. The normalized spacial score (nSPS) is 11.4. The Kier molecular flexibility index (Phi) is 6.56. The van der Waals surface area contributed by atoms with Crippen LogP contribution in [-0.4, -0.2) is 50.0 Å². The molecule has 0 unspecified atom stereocenters. The van der Waals surface area contributed by atoms with E-state index in [0.29, 0.717) is 22.7 Å². The molecule has 0 atom stereocenters. The number of carbonyl (C=O) groups excluding carboxylic acids is 1. The van der Waals surface area contributed by atoms with E-state index in [9.17, 15) is 13.2 Å². The quantitative estimate of drug-likeness (QED) is 0.560. The number of sulfonamides is 1. The zero-order valence-corrected chi connectivity index (χ0v) is 18.3. The predicted octanol–water partition coefficient (Wildman–Crippen LogP) is 2.53. The van der Waals surface area contributed by atoms with E-state index in [1.54, 1.807) is 25.3 Å². The lowest BCUT2D eigenvalue weighted by molar-refractivity contribution is -0.114. The van der Waals surface area contributed by atoms with E-state index >= 15 is 0 Å². The second-order valence-corrected chi connectivity index (χ2v) is 8.59. The smallest absolute Gasteiger partial charge is 0.243 e. The molecule has 2 aromatic carbocycles. The van der Waals surface area contributed by atoms with Crippen LogP contribution < -0.4 is 14.8 Å². The number of aromatic nitrogens is 2. The molecule has 0 saturated carbocycles. The molecule has 0 saturated heterocycles. The third-order valence-corrected chi connectivity index (χ3v) is 6.18. The molecule has 0 radical (unpaired) electrons. The summed E-state index contributed by atoms with van der Waals surface area (Å²) >= 11 is 0. The Morgan fingerprint density at radius 2 is 1.84 bits per heavy atom. The van der Waals surface area contributed by atoms with Crippen LogP contribution in [0, 0.1) is 0 Å². The van der Waals surface area contributed by atoms with Crippen LogP contribution in [0.15, 0.2) is 51.9 Å². The van der Waals surface area contributed by atoms with Crippen molar-refractivity contribution in [1.29, 1.82) is 0 Å². The van der Waals surface area contributed by atoms with Crippen LogP contribution in [0.5, 0.6) is 11.5 Å². The van der Waals surface area contributed by atoms with Crippen LogP contribution in [0.3, 0.4) is 0 Å². The lowest BCUT2D eigenvalue weighted by Gasteiger charge is -2.15. The Hall–Kier alpha value is -3.44. The minimum atomic E-state index is -3.81. The third kappa shape index (κ3) is 5.01. The van der Waals surface area contributed by atoms with Crippen LogP contribution in [0.2, 0.25) is 0 Å². The van der Waals surface area contributed by atoms with Gasteiger partial charge in [-0.25, -0.2) is 8.42 Å². The van der Waals surface area contributed by atoms with Crippen molar-refractivity contribution in [3.8, 4) is 22.9 Å². The van der Waals surface area contributed by atoms with E-state index in [0.717, 1.165) is 4.31 Å². The summed E-state index contributed by atoms with van der Waals surface area (Å²) < 4.78 is 42.5. The number of carbonyl (C=O) groups is 1.